The summed E-state index contributed by atoms with van der Waals surface area (Å²) in [6, 6.07) is 7.64. The molecule has 26 heavy (non-hydrogen) atoms. The molecular weight excluding hydrogens is 344 g/mol. The number of rotatable bonds is 9. The summed E-state index contributed by atoms with van der Waals surface area (Å²) in [5, 5.41) is 3.92. The van der Waals surface area contributed by atoms with Crippen molar-refractivity contribution in [2.24, 2.45) is 0 Å². The first-order valence-electron chi connectivity index (χ1n) is 9.45. The second-order valence-corrected chi connectivity index (χ2v) is 7.18. The number of hydrogen-bond acceptors (Lipinski definition) is 3. The quantitative estimate of drug-likeness (QED) is 0.498. The fraction of sp³-hybridized carbons (Fsp3) is 0.524. The smallest absolute Gasteiger partial charge is 0.173 e. The van der Waals surface area contributed by atoms with E-state index in [0.717, 1.165) is 29.0 Å². The van der Waals surface area contributed by atoms with Crippen LogP contribution in [0.25, 0.3) is 0 Å². The van der Waals surface area contributed by atoms with E-state index in [-0.39, 0.29) is 11.8 Å². The Morgan fingerprint density at radius 3 is 2.62 bits per heavy atom. The Bertz CT molecular complexity index is 684. The minimum Gasteiger partial charge on any atom is -0.493 e. The Morgan fingerprint density at radius 1 is 1.23 bits per heavy atom. The van der Waals surface area contributed by atoms with Gasteiger partial charge in [-0.1, -0.05) is 50.8 Å². The van der Waals surface area contributed by atoms with Gasteiger partial charge in [-0.2, -0.15) is 0 Å². The fourth-order valence-electron chi connectivity index (χ4n) is 3.26. The van der Waals surface area contributed by atoms with Gasteiger partial charge in [0.05, 0.1) is 12.6 Å². The van der Waals surface area contributed by atoms with Crippen molar-refractivity contribution in [3.05, 3.63) is 41.1 Å². The molecule has 1 N–H and O–H groups in total. The lowest BCUT2D eigenvalue weighted by molar-refractivity contribution is -0.114. The number of nitrogens with one attached hydrogen (secondary N) is 1. The number of para-hydroxylation sites is 1. The Balaban J connectivity index is 2.19. The van der Waals surface area contributed by atoms with E-state index in [1.54, 1.807) is 6.92 Å². The lowest BCUT2D eigenvalue weighted by atomic mass is 9.92. The highest BCUT2D eigenvalue weighted by Crippen LogP contribution is 2.35. The van der Waals surface area contributed by atoms with Gasteiger partial charge in [0, 0.05) is 23.9 Å². The lowest BCUT2D eigenvalue weighted by Gasteiger charge is -2.36. The number of nitrogens with zero attached hydrogens (tertiary/aromatic N) is 1. The van der Waals surface area contributed by atoms with E-state index in [2.05, 4.69) is 12.2 Å². The van der Waals surface area contributed by atoms with Gasteiger partial charge in [-0.05, 0) is 38.6 Å². The molecule has 0 fully saturated rings. The van der Waals surface area contributed by atoms with Crippen molar-refractivity contribution in [2.75, 3.05) is 13.7 Å². The molecule has 0 radical (unpaired) electrons. The number of Topliss-reactive ketones (excluding diaryl/α,β-unsaturated/α-hetero) is 1. The average Bonchev–Trinajstić information content (AvgIpc) is 2.62. The number of ketones is 1. The highest BCUT2D eigenvalue weighted by atomic mass is 32.1. The minimum absolute atomic E-state index is 0.0451. The van der Waals surface area contributed by atoms with Crippen LogP contribution in [-0.2, 0) is 4.79 Å². The number of hydrogen-bond donors (Lipinski definition) is 1. The van der Waals surface area contributed by atoms with Gasteiger partial charge < -0.3 is 15.0 Å². The number of carbonyl (C=O) groups excluding carboxylic acids is 1. The van der Waals surface area contributed by atoms with Crippen molar-refractivity contribution in [1.29, 1.82) is 0 Å². The molecule has 0 saturated heterocycles. The van der Waals surface area contributed by atoms with Crippen LogP contribution in [0.1, 0.15) is 64.5 Å². The third-order valence-corrected chi connectivity index (χ3v) is 5.26. The molecule has 0 bridgehead atoms. The maximum Gasteiger partial charge on any atom is 0.173 e. The summed E-state index contributed by atoms with van der Waals surface area (Å²) in [4.78, 5) is 14.2. The van der Waals surface area contributed by atoms with Crippen LogP contribution in [0.5, 0.6) is 5.75 Å². The molecule has 1 aliphatic heterocycles. The summed E-state index contributed by atoms with van der Waals surface area (Å²) in [5.41, 5.74) is 2.58. The maximum absolute atomic E-state index is 12.3. The Kier molecular flexibility index (Phi) is 7.64. The molecule has 0 saturated carbocycles. The third-order valence-electron chi connectivity index (χ3n) is 4.87. The van der Waals surface area contributed by atoms with Gasteiger partial charge in [0.1, 0.15) is 5.75 Å². The summed E-state index contributed by atoms with van der Waals surface area (Å²) < 4.78 is 6.07. The highest BCUT2D eigenvalue weighted by molar-refractivity contribution is 7.80. The van der Waals surface area contributed by atoms with Crippen LogP contribution in [0.4, 0.5) is 0 Å². The zero-order valence-electron chi connectivity index (χ0n) is 16.3. The Labute approximate surface area is 162 Å². The van der Waals surface area contributed by atoms with Crippen LogP contribution in [0, 0.1) is 0 Å². The topological polar surface area (TPSA) is 41.6 Å². The molecule has 1 aromatic rings. The van der Waals surface area contributed by atoms with Gasteiger partial charge in [0.25, 0.3) is 0 Å². The highest BCUT2D eigenvalue weighted by Gasteiger charge is 2.32. The molecule has 1 aliphatic rings. The molecule has 0 amide bonds. The molecule has 0 spiro atoms. The Hall–Kier alpha value is -1.88. The molecular formula is C21H30N2O2S. The molecule has 4 nitrogen and oxygen atoms in total. The Morgan fingerprint density at radius 2 is 1.92 bits per heavy atom. The molecule has 1 atom stereocenters. The number of ether oxygens (including phenoxy) is 1. The largest absolute Gasteiger partial charge is 0.493 e. The van der Waals surface area contributed by atoms with E-state index < -0.39 is 0 Å². The fourth-order valence-corrected chi connectivity index (χ4v) is 3.52. The number of benzene rings is 1. The SMILES string of the molecule is CCCCCCCOc1ccccc1C1NC(=S)N(C)C(C)=C1C(C)=O. The normalized spacial score (nSPS) is 17.3. The van der Waals surface area contributed by atoms with Crippen LogP contribution in [0.15, 0.2) is 35.5 Å². The number of thiocarbonyl (C=S) groups is 1. The van der Waals surface area contributed by atoms with Crippen molar-refractivity contribution < 1.29 is 9.53 Å². The van der Waals surface area contributed by atoms with E-state index in [9.17, 15) is 4.79 Å². The van der Waals surface area contributed by atoms with Gasteiger partial charge in [0.15, 0.2) is 10.9 Å². The van der Waals surface area contributed by atoms with Gasteiger partial charge in [-0.15, -0.1) is 0 Å². The molecule has 1 heterocycles. The molecule has 142 valence electrons. The minimum atomic E-state index is -0.271. The number of allylic oxidation sites excluding steroid dienone is 1. The summed E-state index contributed by atoms with van der Waals surface area (Å²) in [6.45, 7) is 6.45. The first kappa shape index (κ1) is 20.4. The van der Waals surface area contributed by atoms with E-state index in [0.29, 0.717) is 11.7 Å². The van der Waals surface area contributed by atoms with Crippen LogP contribution in [0.2, 0.25) is 0 Å². The van der Waals surface area contributed by atoms with E-state index >= 15 is 0 Å². The molecule has 0 aliphatic carbocycles. The summed E-state index contributed by atoms with van der Waals surface area (Å²) in [5.74, 6) is 0.864. The van der Waals surface area contributed by atoms with Crippen LogP contribution < -0.4 is 10.1 Å². The van der Waals surface area contributed by atoms with Gasteiger partial charge >= 0.3 is 0 Å². The van der Waals surface area contributed by atoms with E-state index in [1.807, 2.05) is 43.1 Å². The molecule has 1 unspecified atom stereocenters. The van der Waals surface area contributed by atoms with Crippen LogP contribution >= 0.6 is 12.2 Å². The zero-order valence-corrected chi connectivity index (χ0v) is 17.1. The number of unbranched alkanes of at least 4 members (excludes halogenated alkanes) is 4. The summed E-state index contributed by atoms with van der Waals surface area (Å²) >= 11 is 5.44. The molecule has 5 heteroatoms. The monoisotopic (exact) mass is 374 g/mol. The average molecular weight is 375 g/mol. The van der Waals surface area contributed by atoms with Gasteiger partial charge in [-0.3, -0.25) is 4.79 Å². The van der Waals surface area contributed by atoms with Crippen molar-refractivity contribution in [3.8, 4) is 5.75 Å². The zero-order chi connectivity index (χ0) is 19.1. The lowest BCUT2D eigenvalue weighted by Crippen LogP contribution is -2.45. The van der Waals surface area contributed by atoms with Crippen LogP contribution in [-0.4, -0.2) is 29.5 Å². The van der Waals surface area contributed by atoms with E-state index in [1.165, 1.54) is 25.7 Å². The van der Waals surface area contributed by atoms with E-state index in [4.69, 9.17) is 17.0 Å². The number of carbonyl (C=O) groups is 1. The predicted molar refractivity (Wildman–Crippen MR) is 110 cm³/mol. The van der Waals surface area contributed by atoms with Crippen molar-refractivity contribution in [2.45, 2.75) is 58.9 Å². The maximum atomic E-state index is 12.3. The first-order valence-corrected chi connectivity index (χ1v) is 9.85. The van der Waals surface area contributed by atoms with Crippen LogP contribution in [0.3, 0.4) is 0 Å². The van der Waals surface area contributed by atoms with Crippen molar-refractivity contribution in [3.63, 3.8) is 0 Å². The summed E-state index contributed by atoms with van der Waals surface area (Å²) in [6.07, 6.45) is 6.00. The van der Waals surface area contributed by atoms with Crippen molar-refractivity contribution >= 4 is 23.1 Å². The van der Waals surface area contributed by atoms with Gasteiger partial charge in [-0.25, -0.2) is 0 Å². The molecule has 1 aromatic carbocycles. The van der Waals surface area contributed by atoms with Crippen molar-refractivity contribution in [1.82, 2.24) is 10.2 Å². The predicted octanol–water partition coefficient (Wildman–Crippen LogP) is 4.76. The first-order chi connectivity index (χ1) is 12.5. The second kappa shape index (κ2) is 9.72. The van der Waals surface area contributed by atoms with Gasteiger partial charge in [0.2, 0.25) is 0 Å². The summed E-state index contributed by atoms with van der Waals surface area (Å²) in [7, 11) is 1.88. The molecule has 0 aromatic heterocycles. The third kappa shape index (κ3) is 4.85. The second-order valence-electron chi connectivity index (χ2n) is 6.80. The standard InChI is InChI=1S/C21H30N2O2S/c1-5-6-7-8-11-14-25-18-13-10-9-12-17(18)20-19(16(3)24)15(2)23(4)21(26)22-20/h9-10,12-13,20H,5-8,11,14H2,1-4H3,(H,22,26). The molecule has 2 rings (SSSR count).